The van der Waals surface area contributed by atoms with Crippen LogP contribution in [-0.4, -0.2) is 16.7 Å². The smallest absolute Gasteiger partial charge is 0.184 e. The van der Waals surface area contributed by atoms with Crippen molar-refractivity contribution in [3.05, 3.63) is 0 Å². The van der Waals surface area contributed by atoms with E-state index in [0.29, 0.717) is 5.71 Å². The van der Waals surface area contributed by atoms with Crippen LogP contribution in [0.3, 0.4) is 0 Å². The Morgan fingerprint density at radius 3 is 2.33 bits per heavy atom. The fourth-order valence-corrected chi connectivity index (χ4v) is 2.75. The number of nitrogens with zero attached hydrogens (tertiary/aromatic N) is 1. The highest BCUT2D eigenvalue weighted by molar-refractivity contribution is 6.44. The Morgan fingerprint density at radius 2 is 2.00 bits per heavy atom. The van der Waals surface area contributed by atoms with Gasteiger partial charge in [-0.3, -0.25) is 4.79 Å². The molecule has 0 aromatic heterocycles. The minimum Gasteiger partial charge on any atom is -0.411 e. The van der Waals surface area contributed by atoms with E-state index < -0.39 is 0 Å². The van der Waals surface area contributed by atoms with Gasteiger partial charge in [0.15, 0.2) is 5.78 Å². The molecule has 0 aromatic rings. The monoisotopic (exact) mass is 167 g/mol. The molecule has 0 spiro atoms. The predicted molar refractivity (Wildman–Crippen MR) is 44.2 cm³/mol. The van der Waals surface area contributed by atoms with Crippen molar-refractivity contribution in [1.82, 2.24) is 0 Å². The van der Waals surface area contributed by atoms with Gasteiger partial charge in [0.05, 0.1) is 0 Å². The molecule has 0 aliphatic heterocycles. The van der Waals surface area contributed by atoms with Gasteiger partial charge in [-0.25, -0.2) is 0 Å². The number of rotatable bonds is 0. The summed E-state index contributed by atoms with van der Waals surface area (Å²) in [6.45, 7) is 4.18. The van der Waals surface area contributed by atoms with Crippen molar-refractivity contribution < 1.29 is 10.0 Å². The lowest BCUT2D eigenvalue weighted by Crippen LogP contribution is -2.21. The summed E-state index contributed by atoms with van der Waals surface area (Å²) >= 11 is 0. The molecule has 2 fully saturated rings. The molecule has 2 unspecified atom stereocenters. The van der Waals surface area contributed by atoms with Crippen LogP contribution in [0, 0.1) is 17.3 Å². The van der Waals surface area contributed by atoms with Gasteiger partial charge in [0.2, 0.25) is 0 Å². The van der Waals surface area contributed by atoms with Gasteiger partial charge in [-0.1, -0.05) is 19.0 Å². The van der Waals surface area contributed by atoms with E-state index in [1.54, 1.807) is 0 Å². The van der Waals surface area contributed by atoms with E-state index in [1.807, 2.05) is 0 Å². The summed E-state index contributed by atoms with van der Waals surface area (Å²) in [6, 6.07) is 0. The van der Waals surface area contributed by atoms with E-state index in [9.17, 15) is 4.79 Å². The summed E-state index contributed by atoms with van der Waals surface area (Å²) < 4.78 is 0. The third-order valence-electron chi connectivity index (χ3n) is 3.55. The van der Waals surface area contributed by atoms with Crippen molar-refractivity contribution in [3.8, 4) is 0 Å². The average Bonchev–Trinajstić information content (AvgIpc) is 2.38. The first-order chi connectivity index (χ1) is 5.59. The number of hydrogen-bond acceptors (Lipinski definition) is 3. The zero-order valence-electron chi connectivity index (χ0n) is 7.37. The summed E-state index contributed by atoms with van der Waals surface area (Å²) in [5.74, 6) is 0.368. The Kier molecular flexibility index (Phi) is 1.35. The molecule has 12 heavy (non-hydrogen) atoms. The fraction of sp³-hybridized carbons (Fsp3) is 0.778. The van der Waals surface area contributed by atoms with E-state index in [-0.39, 0.29) is 23.0 Å². The van der Waals surface area contributed by atoms with E-state index in [1.165, 1.54) is 0 Å². The van der Waals surface area contributed by atoms with Gasteiger partial charge in [-0.15, -0.1) is 0 Å². The minimum atomic E-state index is 0.0264. The van der Waals surface area contributed by atoms with Gasteiger partial charge >= 0.3 is 0 Å². The van der Waals surface area contributed by atoms with Crippen LogP contribution in [-0.2, 0) is 4.79 Å². The predicted octanol–water partition coefficient (Wildman–Crippen LogP) is 1.45. The third kappa shape index (κ3) is 0.667. The van der Waals surface area contributed by atoms with E-state index in [2.05, 4.69) is 19.0 Å². The molecule has 0 amide bonds. The summed E-state index contributed by atoms with van der Waals surface area (Å²) in [5, 5.41) is 11.8. The molecule has 2 bridgehead atoms. The van der Waals surface area contributed by atoms with E-state index >= 15 is 0 Å². The molecule has 2 aliphatic rings. The molecule has 2 atom stereocenters. The molecule has 2 aliphatic carbocycles. The number of Topliss-reactive ketones (excluding diaryl/α,β-unsaturated/α-hetero) is 1. The average molecular weight is 167 g/mol. The Hall–Kier alpha value is -0.860. The third-order valence-corrected chi connectivity index (χ3v) is 3.55. The Morgan fingerprint density at radius 1 is 1.42 bits per heavy atom. The zero-order chi connectivity index (χ0) is 8.93. The lowest BCUT2D eigenvalue weighted by atomic mass is 9.82. The van der Waals surface area contributed by atoms with Gasteiger partial charge in [0.25, 0.3) is 0 Å². The molecule has 3 heteroatoms. The van der Waals surface area contributed by atoms with Crippen LogP contribution in [0.15, 0.2) is 5.16 Å². The molecule has 0 aromatic carbocycles. The molecule has 2 rings (SSSR count). The van der Waals surface area contributed by atoms with Crippen molar-refractivity contribution in [1.29, 1.82) is 0 Å². The number of ketones is 1. The highest BCUT2D eigenvalue weighted by Gasteiger charge is 2.57. The summed E-state index contributed by atoms with van der Waals surface area (Å²) in [7, 11) is 0. The first kappa shape index (κ1) is 7.77. The molecule has 66 valence electrons. The van der Waals surface area contributed by atoms with Crippen LogP contribution < -0.4 is 0 Å². The number of fused-ring (bicyclic) bond motifs is 2. The molecule has 3 nitrogen and oxygen atoms in total. The largest absolute Gasteiger partial charge is 0.411 e. The van der Waals surface area contributed by atoms with Crippen LogP contribution in [0.1, 0.15) is 26.7 Å². The van der Waals surface area contributed by atoms with Crippen LogP contribution in [0.25, 0.3) is 0 Å². The van der Waals surface area contributed by atoms with Gasteiger partial charge in [-0.05, 0) is 18.3 Å². The first-order valence-electron chi connectivity index (χ1n) is 4.35. The van der Waals surface area contributed by atoms with Crippen LogP contribution in [0.4, 0.5) is 0 Å². The molecule has 2 saturated carbocycles. The topological polar surface area (TPSA) is 49.7 Å². The summed E-state index contributed by atoms with van der Waals surface area (Å²) in [6.07, 6.45) is 1.97. The quantitative estimate of drug-likeness (QED) is 0.438. The number of carbonyl (C=O) groups excluding carboxylic acids is 1. The maximum absolute atomic E-state index is 11.5. The van der Waals surface area contributed by atoms with Gasteiger partial charge < -0.3 is 5.21 Å². The number of oxime groups is 1. The molecule has 0 radical (unpaired) electrons. The van der Waals surface area contributed by atoms with E-state index in [0.717, 1.165) is 12.8 Å². The fourth-order valence-electron chi connectivity index (χ4n) is 2.75. The summed E-state index contributed by atoms with van der Waals surface area (Å²) in [5.41, 5.74) is 0.440. The van der Waals surface area contributed by atoms with Crippen molar-refractivity contribution >= 4 is 11.5 Å². The van der Waals surface area contributed by atoms with Crippen molar-refractivity contribution in [2.75, 3.05) is 0 Å². The van der Waals surface area contributed by atoms with Gasteiger partial charge in [-0.2, -0.15) is 0 Å². The second-order valence-corrected chi connectivity index (χ2v) is 4.35. The second-order valence-electron chi connectivity index (χ2n) is 4.35. The highest BCUT2D eigenvalue weighted by Crippen LogP contribution is 2.54. The van der Waals surface area contributed by atoms with Gasteiger partial charge in [0, 0.05) is 11.8 Å². The van der Waals surface area contributed by atoms with Gasteiger partial charge in [0.1, 0.15) is 5.71 Å². The Labute approximate surface area is 71.5 Å². The SMILES string of the molecule is CC1(C)C2CCC1/C(=N\O)C2=O. The van der Waals surface area contributed by atoms with Crippen molar-refractivity contribution in [2.24, 2.45) is 22.4 Å². The molecular weight excluding hydrogens is 154 g/mol. The number of hydrogen-bond donors (Lipinski definition) is 1. The van der Waals surface area contributed by atoms with Crippen LogP contribution in [0.5, 0.6) is 0 Å². The van der Waals surface area contributed by atoms with Crippen molar-refractivity contribution in [2.45, 2.75) is 26.7 Å². The molecule has 0 saturated heterocycles. The van der Waals surface area contributed by atoms with Crippen LogP contribution in [0.2, 0.25) is 0 Å². The zero-order valence-corrected chi connectivity index (χ0v) is 7.37. The minimum absolute atomic E-state index is 0.0264. The maximum atomic E-state index is 11.5. The second kappa shape index (κ2) is 2.09. The Bertz CT molecular complexity index is 268. The molecular formula is C9H13NO2. The van der Waals surface area contributed by atoms with Crippen molar-refractivity contribution in [3.63, 3.8) is 0 Å². The Balaban J connectivity index is 2.46. The molecule has 1 N–H and O–H groups in total. The van der Waals surface area contributed by atoms with E-state index in [4.69, 9.17) is 5.21 Å². The lowest BCUT2D eigenvalue weighted by molar-refractivity contribution is -0.117. The first-order valence-corrected chi connectivity index (χ1v) is 4.35. The van der Waals surface area contributed by atoms with Crippen LogP contribution >= 0.6 is 0 Å². The lowest BCUT2D eigenvalue weighted by Gasteiger charge is -2.21. The molecule has 0 heterocycles. The highest BCUT2D eigenvalue weighted by atomic mass is 16.4. The standard InChI is InChI=1S/C9H13NO2/c1-9(2)5-3-4-6(9)8(11)7(5)10-12/h5-6,12H,3-4H2,1-2H3/b10-7+. The normalized spacial score (nSPS) is 41.2. The maximum Gasteiger partial charge on any atom is 0.184 e. The number of carbonyl (C=O) groups is 1. The summed E-state index contributed by atoms with van der Waals surface area (Å²) in [4.78, 5) is 11.5.